The molecule has 1 atom stereocenters. The molecule has 0 spiro atoms. The van der Waals surface area contributed by atoms with Crippen LogP contribution in [-0.2, 0) is 17.0 Å². The second-order valence-corrected chi connectivity index (χ2v) is 6.97. The lowest BCUT2D eigenvalue weighted by molar-refractivity contribution is 0.0945. The maximum absolute atomic E-state index is 5.80. The minimum Gasteiger partial charge on any atom is -0.376 e. The summed E-state index contributed by atoms with van der Waals surface area (Å²) in [6, 6.07) is 8.58. The largest absolute Gasteiger partial charge is 0.376 e. The lowest BCUT2D eigenvalue weighted by atomic mass is 10.1. The molecule has 0 bridgehead atoms. The number of rotatable bonds is 5. The van der Waals surface area contributed by atoms with Crippen molar-refractivity contribution in [2.75, 3.05) is 6.61 Å². The Hall–Kier alpha value is -1.26. The fourth-order valence-corrected chi connectivity index (χ4v) is 4.03. The summed E-state index contributed by atoms with van der Waals surface area (Å²) in [5, 5.41) is 1.12. The zero-order valence-corrected chi connectivity index (χ0v) is 14.4. The fraction of sp³-hybridized carbons (Fsp3) is 0.500. The summed E-state index contributed by atoms with van der Waals surface area (Å²) in [7, 11) is 0. The minimum atomic E-state index is 0.352. The highest BCUT2D eigenvalue weighted by Crippen LogP contribution is 2.27. The maximum Gasteiger partial charge on any atom is 0.168 e. The van der Waals surface area contributed by atoms with Crippen molar-refractivity contribution in [2.45, 2.75) is 57.2 Å². The molecule has 1 unspecified atom stereocenters. The third kappa shape index (κ3) is 3.39. The van der Waals surface area contributed by atoms with Gasteiger partial charge in [0.15, 0.2) is 5.16 Å². The van der Waals surface area contributed by atoms with Gasteiger partial charge >= 0.3 is 0 Å². The predicted octanol–water partition coefficient (Wildman–Crippen LogP) is 4.28. The van der Waals surface area contributed by atoms with Gasteiger partial charge in [-0.1, -0.05) is 36.0 Å². The Morgan fingerprint density at radius 3 is 2.82 bits per heavy atom. The lowest BCUT2D eigenvalue weighted by Crippen LogP contribution is -2.16. The molecule has 2 heterocycles. The van der Waals surface area contributed by atoms with Gasteiger partial charge in [0.25, 0.3) is 0 Å². The van der Waals surface area contributed by atoms with E-state index in [1.807, 2.05) is 11.8 Å². The molecule has 1 aromatic heterocycles. The standard InChI is InChI=1S/C18H24N2OS/c1-13-7-4-5-8-16(13)12-22-18-19-14(2)15(3)20(18)11-17-9-6-10-21-17/h4-5,7-8,17H,6,9-12H2,1-3H3. The molecule has 4 heteroatoms. The van der Waals surface area contributed by atoms with E-state index in [1.54, 1.807) is 0 Å². The highest BCUT2D eigenvalue weighted by atomic mass is 32.2. The van der Waals surface area contributed by atoms with Crippen LogP contribution in [-0.4, -0.2) is 22.3 Å². The number of ether oxygens (including phenoxy) is 1. The molecular weight excluding hydrogens is 292 g/mol. The maximum atomic E-state index is 5.80. The smallest absolute Gasteiger partial charge is 0.168 e. The molecule has 2 aromatic rings. The van der Waals surface area contributed by atoms with Crippen molar-refractivity contribution < 1.29 is 4.74 Å². The highest BCUT2D eigenvalue weighted by molar-refractivity contribution is 7.98. The quantitative estimate of drug-likeness (QED) is 0.770. The van der Waals surface area contributed by atoms with E-state index in [0.717, 1.165) is 29.8 Å². The van der Waals surface area contributed by atoms with Gasteiger partial charge < -0.3 is 9.30 Å². The normalized spacial score (nSPS) is 18.0. The Kier molecular flexibility index (Phi) is 4.89. The molecule has 1 aliphatic heterocycles. The van der Waals surface area contributed by atoms with Gasteiger partial charge in [0, 0.05) is 18.1 Å². The minimum absolute atomic E-state index is 0.352. The summed E-state index contributed by atoms with van der Waals surface area (Å²) in [5.74, 6) is 0.966. The Morgan fingerprint density at radius 2 is 2.09 bits per heavy atom. The molecule has 0 saturated carbocycles. The number of imidazole rings is 1. The molecule has 1 aliphatic rings. The van der Waals surface area contributed by atoms with Gasteiger partial charge in [0.2, 0.25) is 0 Å². The first-order valence-electron chi connectivity index (χ1n) is 7.98. The summed E-state index contributed by atoms with van der Waals surface area (Å²) in [6.07, 6.45) is 2.70. The van der Waals surface area contributed by atoms with E-state index in [2.05, 4.69) is 49.6 Å². The van der Waals surface area contributed by atoms with Gasteiger partial charge in [0.1, 0.15) is 0 Å². The summed E-state index contributed by atoms with van der Waals surface area (Å²) in [6.45, 7) is 8.27. The molecule has 1 saturated heterocycles. The molecule has 118 valence electrons. The zero-order valence-electron chi connectivity index (χ0n) is 13.6. The number of thioether (sulfide) groups is 1. The average Bonchev–Trinajstić information content (AvgIpc) is 3.11. The van der Waals surface area contributed by atoms with E-state index in [0.29, 0.717) is 6.10 Å². The average molecular weight is 316 g/mol. The molecule has 22 heavy (non-hydrogen) atoms. The SMILES string of the molecule is Cc1ccccc1CSc1nc(C)c(C)n1CC1CCCO1. The molecular formula is C18H24N2OS. The van der Waals surface area contributed by atoms with Crippen molar-refractivity contribution in [3.8, 4) is 0 Å². The van der Waals surface area contributed by atoms with Crippen LogP contribution in [0.15, 0.2) is 29.4 Å². The van der Waals surface area contributed by atoms with Crippen molar-refractivity contribution >= 4 is 11.8 Å². The predicted molar refractivity (Wildman–Crippen MR) is 91.4 cm³/mol. The topological polar surface area (TPSA) is 27.1 Å². The number of aryl methyl sites for hydroxylation is 2. The summed E-state index contributed by atoms with van der Waals surface area (Å²) >= 11 is 1.83. The van der Waals surface area contributed by atoms with E-state index in [-0.39, 0.29) is 0 Å². The Labute approximate surface area is 137 Å². The van der Waals surface area contributed by atoms with Gasteiger partial charge in [0.05, 0.1) is 18.3 Å². The molecule has 0 amide bonds. The van der Waals surface area contributed by atoms with Gasteiger partial charge in [-0.3, -0.25) is 0 Å². The van der Waals surface area contributed by atoms with Crippen LogP contribution >= 0.6 is 11.8 Å². The number of hydrogen-bond donors (Lipinski definition) is 0. The Morgan fingerprint density at radius 1 is 1.27 bits per heavy atom. The van der Waals surface area contributed by atoms with E-state index >= 15 is 0 Å². The zero-order chi connectivity index (χ0) is 15.5. The number of benzene rings is 1. The molecule has 0 aliphatic carbocycles. The van der Waals surface area contributed by atoms with Crippen LogP contribution in [0.5, 0.6) is 0 Å². The Balaban J connectivity index is 1.75. The molecule has 3 nitrogen and oxygen atoms in total. The van der Waals surface area contributed by atoms with Crippen molar-refractivity contribution in [1.29, 1.82) is 0 Å². The van der Waals surface area contributed by atoms with E-state index in [1.165, 1.54) is 29.7 Å². The van der Waals surface area contributed by atoms with E-state index in [9.17, 15) is 0 Å². The van der Waals surface area contributed by atoms with Crippen LogP contribution in [0.3, 0.4) is 0 Å². The van der Waals surface area contributed by atoms with Crippen LogP contribution in [0.25, 0.3) is 0 Å². The number of aromatic nitrogens is 2. The second-order valence-electron chi connectivity index (χ2n) is 6.03. The highest BCUT2D eigenvalue weighted by Gasteiger charge is 2.20. The fourth-order valence-electron chi connectivity index (χ4n) is 2.86. The third-order valence-corrected chi connectivity index (χ3v) is 5.48. The van der Waals surface area contributed by atoms with Gasteiger partial charge in [-0.05, 0) is 44.7 Å². The van der Waals surface area contributed by atoms with Gasteiger partial charge in [-0.15, -0.1) is 0 Å². The van der Waals surface area contributed by atoms with Gasteiger partial charge in [-0.2, -0.15) is 0 Å². The monoisotopic (exact) mass is 316 g/mol. The van der Waals surface area contributed by atoms with Crippen LogP contribution in [0.2, 0.25) is 0 Å². The second kappa shape index (κ2) is 6.88. The van der Waals surface area contributed by atoms with Crippen molar-refractivity contribution in [3.63, 3.8) is 0 Å². The molecule has 3 rings (SSSR count). The summed E-state index contributed by atoms with van der Waals surface area (Å²) in [5.41, 5.74) is 5.13. The molecule has 0 N–H and O–H groups in total. The first-order valence-corrected chi connectivity index (χ1v) is 8.96. The van der Waals surface area contributed by atoms with Crippen LogP contribution in [0, 0.1) is 20.8 Å². The van der Waals surface area contributed by atoms with Crippen molar-refractivity contribution in [3.05, 3.63) is 46.8 Å². The van der Waals surface area contributed by atoms with Crippen LogP contribution in [0.4, 0.5) is 0 Å². The van der Waals surface area contributed by atoms with E-state index in [4.69, 9.17) is 9.72 Å². The molecule has 0 radical (unpaired) electrons. The Bertz CT molecular complexity index is 645. The van der Waals surface area contributed by atoms with E-state index < -0.39 is 0 Å². The van der Waals surface area contributed by atoms with Crippen molar-refractivity contribution in [1.82, 2.24) is 9.55 Å². The lowest BCUT2D eigenvalue weighted by Gasteiger charge is -2.15. The van der Waals surface area contributed by atoms with Crippen LogP contribution < -0.4 is 0 Å². The third-order valence-electron chi connectivity index (χ3n) is 4.45. The number of nitrogens with zero attached hydrogens (tertiary/aromatic N) is 2. The summed E-state index contributed by atoms with van der Waals surface area (Å²) < 4.78 is 8.14. The first kappa shape index (κ1) is 15.6. The van der Waals surface area contributed by atoms with Gasteiger partial charge in [-0.25, -0.2) is 4.98 Å². The molecule has 1 fully saturated rings. The summed E-state index contributed by atoms with van der Waals surface area (Å²) in [4.78, 5) is 4.77. The van der Waals surface area contributed by atoms with Crippen molar-refractivity contribution in [2.24, 2.45) is 0 Å². The van der Waals surface area contributed by atoms with Crippen LogP contribution in [0.1, 0.15) is 35.4 Å². The number of hydrogen-bond acceptors (Lipinski definition) is 3. The molecule has 1 aromatic carbocycles. The first-order chi connectivity index (χ1) is 10.6.